The minimum Gasteiger partial charge on any atom is -0.207 e. The summed E-state index contributed by atoms with van der Waals surface area (Å²) in [6.45, 7) is 0. The van der Waals surface area contributed by atoms with Crippen molar-refractivity contribution in [2.45, 2.75) is 0 Å². The highest BCUT2D eigenvalue weighted by Gasteiger charge is 2.25. The van der Waals surface area contributed by atoms with Gasteiger partial charge in [0.25, 0.3) is 0 Å². The Morgan fingerprint density at radius 3 is 0.804 bits per heavy atom. The summed E-state index contributed by atoms with van der Waals surface area (Å²) in [5, 5.41) is 8.70. The van der Waals surface area contributed by atoms with Crippen LogP contribution >= 0.6 is 18.5 Å². The highest BCUT2D eigenvalue weighted by atomic mass is 31.0. The van der Waals surface area contributed by atoms with E-state index in [2.05, 4.69) is 116 Å². The van der Waals surface area contributed by atoms with Crippen LogP contribution in [0.2, 0.25) is 0 Å². The molecule has 0 spiro atoms. The van der Waals surface area contributed by atoms with E-state index in [0.29, 0.717) is 0 Å². The molecule has 0 amide bonds. The maximum Gasteiger partial charge on any atom is 0.123 e. The maximum absolute atomic E-state index is 14.4. The Labute approximate surface area is 271 Å². The lowest BCUT2D eigenvalue weighted by molar-refractivity contribution is 0.627. The molecule has 8 aromatic rings. The molecule has 0 saturated carbocycles. The average Bonchev–Trinajstić information content (AvgIpc) is 3.08. The Bertz CT molecular complexity index is 2070. The minimum atomic E-state index is -0.283. The molecule has 0 aliphatic rings. The molecule has 0 fully saturated rings. The number of halogens is 2. The van der Waals surface area contributed by atoms with Gasteiger partial charge in [0.1, 0.15) is 11.6 Å². The molecule has 8 rings (SSSR count). The first kappa shape index (κ1) is 28.7. The van der Waals surface area contributed by atoms with Gasteiger partial charge in [0.05, 0.1) is 0 Å². The van der Waals surface area contributed by atoms with Crippen molar-refractivity contribution in [3.8, 4) is 44.5 Å². The largest absolute Gasteiger partial charge is 0.207 e. The summed E-state index contributed by atoms with van der Waals surface area (Å²) in [6, 6.07) is 47.8. The lowest BCUT2D eigenvalue weighted by Crippen LogP contribution is -1.99. The highest BCUT2D eigenvalue weighted by Crippen LogP contribution is 2.53. The van der Waals surface area contributed by atoms with Crippen molar-refractivity contribution in [1.29, 1.82) is 0 Å². The van der Waals surface area contributed by atoms with E-state index < -0.39 is 0 Å². The molecule has 0 aliphatic carbocycles. The summed E-state index contributed by atoms with van der Waals surface area (Å²) in [4.78, 5) is 0. The van der Waals surface area contributed by atoms with E-state index in [-0.39, 0.29) is 11.6 Å². The van der Waals surface area contributed by atoms with Crippen molar-refractivity contribution in [1.82, 2.24) is 0 Å². The molecular formula is C42H28F2P2. The van der Waals surface area contributed by atoms with Crippen LogP contribution in [0.4, 0.5) is 8.78 Å². The van der Waals surface area contributed by atoms with Crippen molar-refractivity contribution in [2.24, 2.45) is 0 Å². The maximum atomic E-state index is 14.4. The third kappa shape index (κ3) is 4.81. The molecule has 0 bridgehead atoms. The van der Waals surface area contributed by atoms with Gasteiger partial charge in [0.15, 0.2) is 0 Å². The molecule has 0 radical (unpaired) electrons. The van der Waals surface area contributed by atoms with Crippen LogP contribution in [0.3, 0.4) is 0 Å². The van der Waals surface area contributed by atoms with Gasteiger partial charge in [-0.3, -0.25) is 0 Å². The molecule has 0 aliphatic heterocycles. The zero-order chi connectivity index (χ0) is 31.4. The van der Waals surface area contributed by atoms with Crippen molar-refractivity contribution in [3.05, 3.63) is 157 Å². The average molecular weight is 633 g/mol. The van der Waals surface area contributed by atoms with Gasteiger partial charge in [-0.25, -0.2) is 8.78 Å². The quantitative estimate of drug-likeness (QED) is 0.134. The van der Waals surface area contributed by atoms with Gasteiger partial charge in [-0.1, -0.05) is 121 Å². The molecular weight excluding hydrogens is 604 g/mol. The predicted molar refractivity (Wildman–Crippen MR) is 199 cm³/mol. The van der Waals surface area contributed by atoms with E-state index in [4.69, 9.17) is 0 Å². The number of hydrogen-bond acceptors (Lipinski definition) is 0. The fourth-order valence-electron chi connectivity index (χ4n) is 6.86. The third-order valence-corrected chi connectivity index (χ3v) is 9.62. The SMILES string of the molecule is Fc1ccc(-c2c3ccccc3c(-c3ccc(P)cc3)c3c(-c4ccc(P)cc4)c4ccccc4c(-c4ccc(F)cc4)c23)cc1. The fraction of sp³-hybridized carbons (Fsp3) is 0. The van der Waals surface area contributed by atoms with Crippen LogP contribution in [0.15, 0.2) is 146 Å². The normalized spacial score (nSPS) is 11.5. The molecule has 0 nitrogen and oxygen atoms in total. The van der Waals surface area contributed by atoms with Crippen LogP contribution in [0, 0.1) is 11.6 Å². The van der Waals surface area contributed by atoms with E-state index in [0.717, 1.165) is 87.4 Å². The molecule has 0 aromatic heterocycles. The van der Waals surface area contributed by atoms with Crippen LogP contribution in [0.25, 0.3) is 76.8 Å². The second-order valence-corrected chi connectivity index (χ2v) is 12.9. The van der Waals surface area contributed by atoms with Crippen LogP contribution < -0.4 is 10.6 Å². The van der Waals surface area contributed by atoms with Crippen molar-refractivity contribution >= 4 is 61.4 Å². The topological polar surface area (TPSA) is 0 Å². The molecule has 8 aromatic carbocycles. The summed E-state index contributed by atoms with van der Waals surface area (Å²) < 4.78 is 28.8. The molecule has 46 heavy (non-hydrogen) atoms. The Balaban J connectivity index is 1.74. The van der Waals surface area contributed by atoms with Crippen LogP contribution in [-0.4, -0.2) is 0 Å². The lowest BCUT2D eigenvalue weighted by atomic mass is 9.77. The molecule has 220 valence electrons. The lowest BCUT2D eigenvalue weighted by Gasteiger charge is -2.25. The van der Waals surface area contributed by atoms with Gasteiger partial charge in [-0.2, -0.15) is 0 Å². The van der Waals surface area contributed by atoms with E-state index >= 15 is 0 Å². The van der Waals surface area contributed by atoms with E-state index in [1.165, 1.54) is 24.3 Å². The molecule has 0 N–H and O–H groups in total. The molecule has 0 saturated heterocycles. The van der Waals surface area contributed by atoms with Crippen LogP contribution in [-0.2, 0) is 0 Å². The Morgan fingerprint density at radius 1 is 0.304 bits per heavy atom. The summed E-state index contributed by atoms with van der Waals surface area (Å²) in [7, 11) is 5.57. The van der Waals surface area contributed by atoms with Gasteiger partial charge >= 0.3 is 0 Å². The van der Waals surface area contributed by atoms with Crippen molar-refractivity contribution in [3.63, 3.8) is 0 Å². The Hall–Kier alpha value is -4.74. The third-order valence-electron chi connectivity index (χ3n) is 8.85. The zero-order valence-corrected chi connectivity index (χ0v) is 27.1. The zero-order valence-electron chi connectivity index (χ0n) is 24.8. The monoisotopic (exact) mass is 632 g/mol. The number of fused-ring (bicyclic) bond motifs is 3. The summed E-state index contributed by atoms with van der Waals surface area (Å²) in [6.07, 6.45) is 0. The molecule has 2 unspecified atom stereocenters. The highest BCUT2D eigenvalue weighted by molar-refractivity contribution is 7.27. The van der Waals surface area contributed by atoms with E-state index in [1.807, 2.05) is 24.3 Å². The Morgan fingerprint density at radius 2 is 0.543 bits per heavy atom. The molecule has 0 heterocycles. The van der Waals surface area contributed by atoms with Gasteiger partial charge < -0.3 is 0 Å². The first-order valence-corrected chi connectivity index (χ1v) is 16.3. The van der Waals surface area contributed by atoms with E-state index in [1.54, 1.807) is 0 Å². The van der Waals surface area contributed by atoms with E-state index in [9.17, 15) is 8.78 Å². The van der Waals surface area contributed by atoms with Gasteiger partial charge in [0, 0.05) is 0 Å². The van der Waals surface area contributed by atoms with Gasteiger partial charge in [-0.05, 0) is 112 Å². The number of rotatable bonds is 4. The van der Waals surface area contributed by atoms with Crippen molar-refractivity contribution in [2.75, 3.05) is 0 Å². The second-order valence-electron chi connectivity index (χ2n) is 11.6. The summed E-state index contributed by atoms with van der Waals surface area (Å²) >= 11 is 0. The second kappa shape index (κ2) is 11.6. The molecule has 2 atom stereocenters. The smallest absolute Gasteiger partial charge is 0.123 e. The summed E-state index contributed by atoms with van der Waals surface area (Å²) in [5.41, 5.74) is 8.32. The minimum absolute atomic E-state index is 0.283. The van der Waals surface area contributed by atoms with Crippen LogP contribution in [0.1, 0.15) is 0 Å². The van der Waals surface area contributed by atoms with Gasteiger partial charge in [-0.15, -0.1) is 18.5 Å². The predicted octanol–water partition coefficient (Wildman–Crippen LogP) is 11.1. The first-order chi connectivity index (χ1) is 22.5. The number of benzene rings is 8. The van der Waals surface area contributed by atoms with Crippen LogP contribution in [0.5, 0.6) is 0 Å². The summed E-state index contributed by atoms with van der Waals surface area (Å²) in [5.74, 6) is -0.567. The number of hydrogen-bond donors (Lipinski definition) is 0. The van der Waals surface area contributed by atoms with Gasteiger partial charge in [0.2, 0.25) is 0 Å². The Kier molecular flexibility index (Phi) is 7.22. The molecule has 4 heteroatoms. The van der Waals surface area contributed by atoms with Crippen molar-refractivity contribution < 1.29 is 8.78 Å². The first-order valence-electron chi connectivity index (χ1n) is 15.1. The standard InChI is InChI=1S/C42H28F2P2/c43-29-17-9-25(10-18-29)37-33-5-1-3-7-35(33)39(27-13-21-31(45)22-14-27)42-40(28-15-23-32(46)24-16-28)36-8-4-2-6-34(36)38(41(37)42)26-11-19-30(44)20-12-26/h1-24H,45-46H2. The fourth-order valence-corrected chi connectivity index (χ4v) is 7.24.